The van der Waals surface area contributed by atoms with E-state index in [-0.39, 0.29) is 17.7 Å². The number of hydrogen-bond acceptors (Lipinski definition) is 2. The molecule has 3 rings (SSSR count). The molecular formula is C17H27NO3. The van der Waals surface area contributed by atoms with Gasteiger partial charge in [0.1, 0.15) is 0 Å². The Labute approximate surface area is 126 Å². The van der Waals surface area contributed by atoms with Crippen molar-refractivity contribution in [2.75, 3.05) is 0 Å². The van der Waals surface area contributed by atoms with Crippen molar-refractivity contribution in [2.45, 2.75) is 70.3 Å². The lowest BCUT2D eigenvalue weighted by atomic mass is 9.81. The Balaban J connectivity index is 1.45. The maximum atomic E-state index is 12.3. The van der Waals surface area contributed by atoms with E-state index >= 15 is 0 Å². The number of carboxylic acid groups (broad SMARTS) is 1. The standard InChI is InChI=1S/C17H27NO3/c19-16(12-7-4-8-13(9-12)17(20)21)18-15-10-14(15)11-5-2-1-3-6-11/h11-15H,1-10H2,(H,18,19)(H,20,21). The predicted octanol–water partition coefficient (Wildman–Crippen LogP) is 2.96. The zero-order valence-corrected chi connectivity index (χ0v) is 12.7. The van der Waals surface area contributed by atoms with Gasteiger partial charge in [0.15, 0.2) is 0 Å². The second kappa shape index (κ2) is 6.37. The van der Waals surface area contributed by atoms with Gasteiger partial charge < -0.3 is 10.4 Å². The van der Waals surface area contributed by atoms with E-state index in [1.807, 2.05) is 0 Å². The fourth-order valence-corrected chi connectivity index (χ4v) is 4.42. The van der Waals surface area contributed by atoms with Crippen molar-refractivity contribution in [3.8, 4) is 0 Å². The number of carbonyl (C=O) groups excluding carboxylic acids is 1. The topological polar surface area (TPSA) is 66.4 Å². The summed E-state index contributed by atoms with van der Waals surface area (Å²) in [4.78, 5) is 23.4. The average molecular weight is 293 g/mol. The van der Waals surface area contributed by atoms with Crippen LogP contribution < -0.4 is 5.32 Å². The molecule has 0 bridgehead atoms. The van der Waals surface area contributed by atoms with Crippen LogP contribution in [0.1, 0.15) is 64.2 Å². The zero-order chi connectivity index (χ0) is 14.8. The first-order chi connectivity index (χ1) is 10.1. The molecule has 0 aromatic heterocycles. The molecule has 118 valence electrons. The van der Waals surface area contributed by atoms with Gasteiger partial charge in [-0.2, -0.15) is 0 Å². The fraction of sp³-hybridized carbons (Fsp3) is 0.882. The summed E-state index contributed by atoms with van der Waals surface area (Å²) in [5.41, 5.74) is 0. The van der Waals surface area contributed by atoms with Gasteiger partial charge in [0.05, 0.1) is 5.92 Å². The first-order valence-corrected chi connectivity index (χ1v) is 8.68. The van der Waals surface area contributed by atoms with Crippen LogP contribution in [0, 0.1) is 23.7 Å². The van der Waals surface area contributed by atoms with Crippen molar-refractivity contribution in [1.82, 2.24) is 5.32 Å². The summed E-state index contributed by atoms with van der Waals surface area (Å²) in [6.07, 6.45) is 10.9. The summed E-state index contributed by atoms with van der Waals surface area (Å²) < 4.78 is 0. The summed E-state index contributed by atoms with van der Waals surface area (Å²) in [6, 6.07) is 0.380. The number of rotatable bonds is 4. The summed E-state index contributed by atoms with van der Waals surface area (Å²) in [5.74, 6) is 0.508. The van der Waals surface area contributed by atoms with Crippen molar-refractivity contribution in [3.05, 3.63) is 0 Å². The third kappa shape index (κ3) is 3.58. The minimum Gasteiger partial charge on any atom is -0.481 e. The molecule has 3 saturated carbocycles. The van der Waals surface area contributed by atoms with Gasteiger partial charge in [-0.05, 0) is 37.5 Å². The molecule has 3 aliphatic carbocycles. The van der Waals surface area contributed by atoms with E-state index in [0.717, 1.165) is 31.6 Å². The average Bonchev–Trinajstić information content (AvgIpc) is 3.27. The number of nitrogens with one attached hydrogen (secondary N) is 1. The summed E-state index contributed by atoms with van der Waals surface area (Å²) >= 11 is 0. The van der Waals surface area contributed by atoms with E-state index in [0.29, 0.717) is 18.4 Å². The molecule has 4 unspecified atom stereocenters. The zero-order valence-electron chi connectivity index (χ0n) is 12.7. The van der Waals surface area contributed by atoms with Crippen LogP contribution in [0.4, 0.5) is 0 Å². The molecule has 2 N–H and O–H groups in total. The van der Waals surface area contributed by atoms with Gasteiger partial charge in [-0.15, -0.1) is 0 Å². The Bertz CT molecular complexity index is 403. The molecule has 0 spiro atoms. The predicted molar refractivity (Wildman–Crippen MR) is 79.7 cm³/mol. The minimum atomic E-state index is -0.737. The first kappa shape index (κ1) is 14.9. The van der Waals surface area contributed by atoms with Gasteiger partial charge in [0.25, 0.3) is 0 Å². The molecule has 0 aromatic carbocycles. The minimum absolute atomic E-state index is 0.0764. The molecule has 3 fully saturated rings. The summed E-state index contributed by atoms with van der Waals surface area (Å²) in [6.45, 7) is 0. The highest BCUT2D eigenvalue weighted by molar-refractivity contribution is 5.80. The number of carboxylic acids is 1. The van der Waals surface area contributed by atoms with E-state index in [4.69, 9.17) is 5.11 Å². The highest BCUT2D eigenvalue weighted by atomic mass is 16.4. The molecular weight excluding hydrogens is 266 g/mol. The Morgan fingerprint density at radius 2 is 1.57 bits per heavy atom. The normalized spacial score (nSPS) is 37.0. The molecule has 3 aliphatic rings. The fourth-order valence-electron chi connectivity index (χ4n) is 4.42. The van der Waals surface area contributed by atoms with E-state index in [9.17, 15) is 9.59 Å². The smallest absolute Gasteiger partial charge is 0.306 e. The van der Waals surface area contributed by atoms with Crippen LogP contribution in [-0.2, 0) is 9.59 Å². The lowest BCUT2D eigenvalue weighted by Gasteiger charge is -2.26. The lowest BCUT2D eigenvalue weighted by molar-refractivity contribution is -0.144. The number of hydrogen-bond donors (Lipinski definition) is 2. The van der Waals surface area contributed by atoms with E-state index in [1.54, 1.807) is 0 Å². The van der Waals surface area contributed by atoms with Crippen LogP contribution in [0.3, 0.4) is 0 Å². The van der Waals surface area contributed by atoms with Crippen LogP contribution in [0.25, 0.3) is 0 Å². The van der Waals surface area contributed by atoms with Crippen LogP contribution in [0.2, 0.25) is 0 Å². The monoisotopic (exact) mass is 293 g/mol. The lowest BCUT2D eigenvalue weighted by Crippen LogP contribution is -2.37. The molecule has 4 atom stereocenters. The van der Waals surface area contributed by atoms with Crippen molar-refractivity contribution in [1.29, 1.82) is 0 Å². The second-order valence-corrected chi connectivity index (χ2v) is 7.31. The van der Waals surface area contributed by atoms with Gasteiger partial charge in [0, 0.05) is 12.0 Å². The van der Waals surface area contributed by atoms with Crippen LogP contribution in [-0.4, -0.2) is 23.0 Å². The number of carbonyl (C=O) groups is 2. The van der Waals surface area contributed by atoms with Crippen LogP contribution in [0.5, 0.6) is 0 Å². The molecule has 0 aliphatic heterocycles. The third-order valence-corrected chi connectivity index (χ3v) is 5.82. The van der Waals surface area contributed by atoms with E-state index < -0.39 is 5.97 Å². The van der Waals surface area contributed by atoms with Gasteiger partial charge in [-0.1, -0.05) is 38.5 Å². The van der Waals surface area contributed by atoms with Gasteiger partial charge >= 0.3 is 5.97 Å². The molecule has 4 heteroatoms. The van der Waals surface area contributed by atoms with E-state index in [1.165, 1.54) is 32.1 Å². The van der Waals surface area contributed by atoms with E-state index in [2.05, 4.69) is 5.32 Å². The third-order valence-electron chi connectivity index (χ3n) is 5.82. The summed E-state index contributed by atoms with van der Waals surface area (Å²) in [7, 11) is 0. The molecule has 4 nitrogen and oxygen atoms in total. The van der Waals surface area contributed by atoms with Gasteiger partial charge in [0.2, 0.25) is 5.91 Å². The number of aliphatic carboxylic acids is 1. The Morgan fingerprint density at radius 3 is 2.29 bits per heavy atom. The quantitative estimate of drug-likeness (QED) is 0.837. The van der Waals surface area contributed by atoms with Crippen molar-refractivity contribution < 1.29 is 14.7 Å². The highest BCUT2D eigenvalue weighted by Crippen LogP contribution is 2.44. The molecule has 0 radical (unpaired) electrons. The van der Waals surface area contributed by atoms with Crippen LogP contribution in [0.15, 0.2) is 0 Å². The molecule has 1 amide bonds. The largest absolute Gasteiger partial charge is 0.481 e. The number of amides is 1. The summed E-state index contributed by atoms with van der Waals surface area (Å²) in [5, 5.41) is 12.3. The molecule has 21 heavy (non-hydrogen) atoms. The van der Waals surface area contributed by atoms with Gasteiger partial charge in [-0.25, -0.2) is 0 Å². The Morgan fingerprint density at radius 1 is 0.857 bits per heavy atom. The molecule has 0 heterocycles. The van der Waals surface area contributed by atoms with Crippen molar-refractivity contribution >= 4 is 11.9 Å². The first-order valence-electron chi connectivity index (χ1n) is 8.68. The Hall–Kier alpha value is -1.06. The molecule has 0 aromatic rings. The van der Waals surface area contributed by atoms with Crippen molar-refractivity contribution in [3.63, 3.8) is 0 Å². The van der Waals surface area contributed by atoms with Crippen molar-refractivity contribution in [2.24, 2.45) is 23.7 Å². The second-order valence-electron chi connectivity index (χ2n) is 7.31. The Kier molecular flexibility index (Phi) is 4.51. The highest BCUT2D eigenvalue weighted by Gasteiger charge is 2.44. The maximum Gasteiger partial charge on any atom is 0.306 e. The SMILES string of the molecule is O=C(O)C1CCCC(C(=O)NC2CC2C2CCCCC2)C1. The van der Waals surface area contributed by atoms with Gasteiger partial charge in [-0.3, -0.25) is 9.59 Å². The maximum absolute atomic E-state index is 12.3. The molecule has 0 saturated heterocycles. The van der Waals surface area contributed by atoms with Crippen LogP contribution >= 0.6 is 0 Å².